The van der Waals surface area contributed by atoms with E-state index in [1.165, 1.54) is 0 Å². The number of hydrogen-bond donors (Lipinski definition) is 1. The Kier molecular flexibility index (Phi) is 5.52. The average molecular weight is 249 g/mol. The summed E-state index contributed by atoms with van der Waals surface area (Å²) in [5.74, 6) is 0.524. The number of carbonyl (C=O) groups is 1. The number of carbonyl (C=O) groups excluding carboxylic acids is 1. The summed E-state index contributed by atoms with van der Waals surface area (Å²) in [6, 6.07) is 0. The van der Waals surface area contributed by atoms with Gasteiger partial charge in [0.1, 0.15) is 0 Å². The summed E-state index contributed by atoms with van der Waals surface area (Å²) < 4.78 is 5.27. The van der Waals surface area contributed by atoms with E-state index in [0.29, 0.717) is 5.91 Å². The maximum atomic E-state index is 12.1. The Morgan fingerprint density at radius 2 is 2.25 bits per heavy atom. The Hall–Kier alpha value is -0.320. The van der Waals surface area contributed by atoms with Crippen molar-refractivity contribution in [2.75, 3.05) is 33.3 Å². The Bertz CT molecular complexity index is 232. The number of halogens is 1. The van der Waals surface area contributed by atoms with Crippen LogP contribution in [0.5, 0.6) is 0 Å². The number of nitrogens with zero attached hydrogens (tertiary/aromatic N) is 1. The number of piperidine rings is 1. The Morgan fingerprint density at radius 3 is 2.81 bits per heavy atom. The van der Waals surface area contributed by atoms with E-state index in [-0.39, 0.29) is 24.4 Å². The number of methoxy groups -OCH3 is 1. The summed E-state index contributed by atoms with van der Waals surface area (Å²) in [6.07, 6.45) is 3.41. The van der Waals surface area contributed by atoms with Gasteiger partial charge in [-0.25, -0.2) is 0 Å². The second-order valence-electron chi connectivity index (χ2n) is 4.47. The maximum Gasteiger partial charge on any atom is 0.227 e. The van der Waals surface area contributed by atoms with Gasteiger partial charge in [0.25, 0.3) is 0 Å². The molecule has 0 radical (unpaired) electrons. The lowest BCUT2D eigenvalue weighted by Crippen LogP contribution is -2.42. The van der Waals surface area contributed by atoms with Crippen LogP contribution in [0.15, 0.2) is 0 Å². The second kappa shape index (κ2) is 6.42. The Morgan fingerprint density at radius 1 is 1.44 bits per heavy atom. The van der Waals surface area contributed by atoms with Crippen LogP contribution in [0.1, 0.15) is 19.3 Å². The van der Waals surface area contributed by atoms with Crippen molar-refractivity contribution in [1.82, 2.24) is 10.2 Å². The van der Waals surface area contributed by atoms with Crippen molar-refractivity contribution < 1.29 is 9.53 Å². The molecule has 2 aliphatic heterocycles. The van der Waals surface area contributed by atoms with Gasteiger partial charge in [0, 0.05) is 26.7 Å². The monoisotopic (exact) mass is 248 g/mol. The molecular weight excluding hydrogens is 228 g/mol. The minimum absolute atomic E-state index is 0. The number of rotatable bonds is 2. The lowest BCUT2D eigenvalue weighted by molar-refractivity contribution is -0.135. The topological polar surface area (TPSA) is 41.6 Å². The molecule has 0 aromatic heterocycles. The van der Waals surface area contributed by atoms with Gasteiger partial charge in [0.05, 0.1) is 12.0 Å². The summed E-state index contributed by atoms with van der Waals surface area (Å²) >= 11 is 0. The normalized spacial score (nSPS) is 29.9. The van der Waals surface area contributed by atoms with Crippen LogP contribution >= 0.6 is 12.4 Å². The van der Waals surface area contributed by atoms with Crippen molar-refractivity contribution in [1.29, 1.82) is 0 Å². The van der Waals surface area contributed by atoms with Gasteiger partial charge in [-0.05, 0) is 25.8 Å². The third-order valence-corrected chi connectivity index (χ3v) is 3.44. The third-order valence-electron chi connectivity index (χ3n) is 3.44. The van der Waals surface area contributed by atoms with E-state index in [9.17, 15) is 4.79 Å². The van der Waals surface area contributed by atoms with Crippen LogP contribution in [0.4, 0.5) is 0 Å². The molecule has 0 spiro atoms. The van der Waals surface area contributed by atoms with Gasteiger partial charge in [-0.2, -0.15) is 0 Å². The van der Waals surface area contributed by atoms with Gasteiger partial charge in [-0.1, -0.05) is 0 Å². The van der Waals surface area contributed by atoms with E-state index < -0.39 is 0 Å². The summed E-state index contributed by atoms with van der Waals surface area (Å²) in [6.45, 7) is 3.57. The van der Waals surface area contributed by atoms with Crippen molar-refractivity contribution in [3.63, 3.8) is 0 Å². The SMILES string of the molecule is CO[C@H]1CCN(C(=O)[C@@H]2CCCNC2)C1.Cl. The third kappa shape index (κ3) is 3.09. The van der Waals surface area contributed by atoms with Crippen LogP contribution < -0.4 is 5.32 Å². The number of likely N-dealkylation sites (tertiary alicyclic amines) is 1. The molecule has 4 nitrogen and oxygen atoms in total. The first-order valence-corrected chi connectivity index (χ1v) is 5.83. The largest absolute Gasteiger partial charge is 0.380 e. The molecule has 2 atom stereocenters. The smallest absolute Gasteiger partial charge is 0.227 e. The van der Waals surface area contributed by atoms with Gasteiger partial charge in [0.15, 0.2) is 0 Å². The van der Waals surface area contributed by atoms with E-state index >= 15 is 0 Å². The van der Waals surface area contributed by atoms with Gasteiger partial charge in [-0.15, -0.1) is 12.4 Å². The van der Waals surface area contributed by atoms with Crippen molar-refractivity contribution in [2.24, 2.45) is 5.92 Å². The molecule has 2 fully saturated rings. The molecule has 94 valence electrons. The van der Waals surface area contributed by atoms with E-state index in [2.05, 4.69) is 5.32 Å². The van der Waals surface area contributed by atoms with E-state index in [1.54, 1.807) is 7.11 Å². The molecule has 0 aromatic carbocycles. The molecule has 0 aromatic rings. The number of amides is 1. The molecule has 16 heavy (non-hydrogen) atoms. The molecule has 0 saturated carbocycles. The molecule has 1 amide bonds. The predicted octanol–water partition coefficient (Wildman–Crippen LogP) is 0.655. The molecule has 2 saturated heterocycles. The fraction of sp³-hybridized carbons (Fsp3) is 0.909. The van der Waals surface area contributed by atoms with Gasteiger partial charge >= 0.3 is 0 Å². The van der Waals surface area contributed by atoms with Crippen LogP contribution in [0.3, 0.4) is 0 Å². The molecule has 0 aliphatic carbocycles. The van der Waals surface area contributed by atoms with E-state index in [0.717, 1.165) is 45.4 Å². The molecule has 2 rings (SSSR count). The summed E-state index contributed by atoms with van der Waals surface area (Å²) in [7, 11) is 1.72. The number of ether oxygens (including phenoxy) is 1. The van der Waals surface area contributed by atoms with Crippen LogP contribution in [0.2, 0.25) is 0 Å². The summed E-state index contributed by atoms with van der Waals surface area (Å²) in [4.78, 5) is 14.1. The van der Waals surface area contributed by atoms with Gasteiger partial charge in [-0.3, -0.25) is 4.79 Å². The minimum atomic E-state index is 0. The standard InChI is InChI=1S/C11H20N2O2.ClH/c1-15-10-4-6-13(8-10)11(14)9-3-2-5-12-7-9;/h9-10,12H,2-8H2,1H3;1H/t9-,10+;/m1./s1. The molecule has 1 N–H and O–H groups in total. The van der Waals surface area contributed by atoms with E-state index in [4.69, 9.17) is 4.74 Å². The molecule has 5 heteroatoms. The van der Waals surface area contributed by atoms with E-state index in [1.807, 2.05) is 4.90 Å². The van der Waals surface area contributed by atoms with Crippen LogP contribution in [0.25, 0.3) is 0 Å². The first-order chi connectivity index (χ1) is 7.31. The molecule has 2 aliphatic rings. The molecule has 0 bridgehead atoms. The average Bonchev–Trinajstić information content (AvgIpc) is 2.78. The van der Waals surface area contributed by atoms with Crippen molar-refractivity contribution in [3.05, 3.63) is 0 Å². The van der Waals surface area contributed by atoms with Crippen molar-refractivity contribution in [2.45, 2.75) is 25.4 Å². The zero-order valence-electron chi connectivity index (χ0n) is 9.78. The Labute approximate surface area is 103 Å². The lowest BCUT2D eigenvalue weighted by Gasteiger charge is -2.26. The van der Waals surface area contributed by atoms with Crippen molar-refractivity contribution in [3.8, 4) is 0 Å². The lowest BCUT2D eigenvalue weighted by atomic mass is 9.98. The second-order valence-corrected chi connectivity index (χ2v) is 4.47. The predicted molar refractivity (Wildman–Crippen MR) is 64.8 cm³/mol. The quantitative estimate of drug-likeness (QED) is 0.781. The molecule has 2 heterocycles. The fourth-order valence-corrected chi connectivity index (χ4v) is 2.44. The highest BCUT2D eigenvalue weighted by Gasteiger charge is 2.31. The molecule has 0 unspecified atom stereocenters. The minimum Gasteiger partial charge on any atom is -0.380 e. The van der Waals surface area contributed by atoms with Gasteiger partial charge in [0.2, 0.25) is 5.91 Å². The first kappa shape index (κ1) is 13.7. The molecular formula is C11H21ClN2O2. The summed E-state index contributed by atoms with van der Waals surface area (Å²) in [5.41, 5.74) is 0. The first-order valence-electron chi connectivity index (χ1n) is 5.83. The highest BCUT2D eigenvalue weighted by molar-refractivity contribution is 5.85. The van der Waals surface area contributed by atoms with Crippen LogP contribution in [-0.2, 0) is 9.53 Å². The zero-order valence-corrected chi connectivity index (χ0v) is 10.6. The number of hydrogen-bond acceptors (Lipinski definition) is 3. The zero-order chi connectivity index (χ0) is 10.7. The number of nitrogens with one attached hydrogen (secondary N) is 1. The van der Waals surface area contributed by atoms with Crippen molar-refractivity contribution >= 4 is 18.3 Å². The van der Waals surface area contributed by atoms with Crippen LogP contribution in [0, 0.1) is 5.92 Å². The van der Waals surface area contributed by atoms with Gasteiger partial charge < -0.3 is 15.0 Å². The summed E-state index contributed by atoms with van der Waals surface area (Å²) in [5, 5.41) is 3.29. The fourth-order valence-electron chi connectivity index (χ4n) is 2.44. The highest BCUT2D eigenvalue weighted by Crippen LogP contribution is 2.18. The van der Waals surface area contributed by atoms with Crippen LogP contribution in [-0.4, -0.2) is 50.2 Å². The highest BCUT2D eigenvalue weighted by atomic mass is 35.5. The Balaban J connectivity index is 0.00000128. The maximum absolute atomic E-state index is 12.1.